The summed E-state index contributed by atoms with van der Waals surface area (Å²) in [6, 6.07) is 0. The second kappa shape index (κ2) is 4.22. The monoisotopic (exact) mass is 227 g/mol. The largest absolute Gasteiger partial charge is 0.480 e. The molecule has 0 bridgehead atoms. The number of aliphatic carboxylic acids is 1. The Morgan fingerprint density at radius 3 is 2.21 bits per heavy atom. The minimum absolute atomic E-state index is 0.775. The molecule has 2 atom stereocenters. The third kappa shape index (κ3) is 3.56. The van der Waals surface area contributed by atoms with E-state index in [1.54, 1.807) is 0 Å². The van der Waals surface area contributed by atoms with E-state index in [1.165, 1.54) is 0 Å². The van der Waals surface area contributed by atoms with Crippen LogP contribution < -0.4 is 0 Å². The maximum Gasteiger partial charge on any atom is 0.334 e. The first-order valence-electron chi connectivity index (χ1n) is 3.39. The second-order valence-corrected chi connectivity index (χ2v) is 5.03. The van der Waals surface area contributed by atoms with E-state index in [1.807, 2.05) is 0 Å². The van der Waals surface area contributed by atoms with Gasteiger partial charge in [0.1, 0.15) is 0 Å². The van der Waals surface area contributed by atoms with Gasteiger partial charge in [0.25, 0.3) is 5.09 Å². The van der Waals surface area contributed by atoms with Crippen molar-refractivity contribution < 1.29 is 28.2 Å². The molecule has 0 aromatic rings. The molecule has 0 aliphatic carbocycles. The van der Waals surface area contributed by atoms with Crippen molar-refractivity contribution in [3.63, 3.8) is 0 Å². The van der Waals surface area contributed by atoms with Gasteiger partial charge in [0.05, 0.1) is 5.25 Å². The van der Waals surface area contributed by atoms with Gasteiger partial charge in [0.15, 0.2) is 9.84 Å². The van der Waals surface area contributed by atoms with Gasteiger partial charge in [-0.2, -0.15) is 0 Å². The van der Waals surface area contributed by atoms with Crippen LogP contribution in [-0.2, 0) is 19.5 Å². The van der Waals surface area contributed by atoms with Crippen LogP contribution in [0.3, 0.4) is 0 Å². The van der Waals surface area contributed by atoms with E-state index in [9.17, 15) is 23.3 Å². The number of hydrogen-bond acceptors (Lipinski definition) is 6. The van der Waals surface area contributed by atoms with Crippen molar-refractivity contribution in [2.24, 2.45) is 0 Å². The number of hydrogen-bond donors (Lipinski definition) is 1. The lowest BCUT2D eigenvalue weighted by Crippen LogP contribution is -2.40. The van der Waals surface area contributed by atoms with Crippen LogP contribution in [0.15, 0.2) is 0 Å². The van der Waals surface area contributed by atoms with E-state index in [0.29, 0.717) is 0 Å². The minimum atomic E-state index is -3.70. The second-order valence-electron chi connectivity index (χ2n) is 2.62. The van der Waals surface area contributed by atoms with Crippen molar-refractivity contribution in [2.45, 2.75) is 18.3 Å². The molecule has 0 saturated carbocycles. The molecule has 0 radical (unpaired) electrons. The maximum absolute atomic E-state index is 10.9. The highest BCUT2D eigenvalue weighted by molar-refractivity contribution is 7.91. The molecule has 14 heavy (non-hydrogen) atoms. The zero-order valence-electron chi connectivity index (χ0n) is 7.41. The van der Waals surface area contributed by atoms with Crippen molar-refractivity contribution in [1.82, 2.24) is 0 Å². The molecule has 0 fully saturated rings. The Morgan fingerprint density at radius 1 is 1.57 bits per heavy atom. The molecule has 0 aliphatic rings. The van der Waals surface area contributed by atoms with E-state index in [4.69, 9.17) is 5.11 Å². The fourth-order valence-electron chi connectivity index (χ4n) is 0.649. The molecule has 0 spiro atoms. The zero-order valence-corrected chi connectivity index (χ0v) is 8.22. The predicted molar refractivity (Wildman–Crippen MR) is 43.8 cm³/mol. The molecule has 0 saturated heterocycles. The molecule has 0 aromatic heterocycles. The summed E-state index contributed by atoms with van der Waals surface area (Å²) in [6.45, 7) is 1.03. The van der Waals surface area contributed by atoms with Gasteiger partial charge >= 0.3 is 5.97 Å². The summed E-state index contributed by atoms with van der Waals surface area (Å²) >= 11 is 0. The fraction of sp³-hybridized carbons (Fsp3) is 0.800. The molecule has 0 amide bonds. The van der Waals surface area contributed by atoms with Crippen molar-refractivity contribution in [2.75, 3.05) is 6.26 Å². The van der Waals surface area contributed by atoms with Crippen LogP contribution in [0, 0.1) is 10.1 Å². The summed E-state index contributed by atoms with van der Waals surface area (Å²) in [7, 11) is -3.70. The molecular formula is C5H9NO7S. The Labute approximate surface area is 79.5 Å². The summed E-state index contributed by atoms with van der Waals surface area (Å²) in [5, 5.41) is 15.5. The average Bonchev–Trinajstić information content (AvgIpc) is 1.96. The van der Waals surface area contributed by atoms with Gasteiger partial charge in [-0.15, -0.1) is 10.1 Å². The SMILES string of the molecule is CC([C@@H](O[N+](=O)[O-])C(=O)O)S(C)(=O)=O. The van der Waals surface area contributed by atoms with Gasteiger partial charge in [0, 0.05) is 6.26 Å². The fourth-order valence-corrected chi connectivity index (χ4v) is 1.26. The van der Waals surface area contributed by atoms with Crippen LogP contribution in [0.1, 0.15) is 6.92 Å². The van der Waals surface area contributed by atoms with Gasteiger partial charge in [-0.3, -0.25) is 4.84 Å². The molecule has 0 heterocycles. The van der Waals surface area contributed by atoms with E-state index in [2.05, 4.69) is 4.84 Å². The molecule has 0 aromatic carbocycles. The summed E-state index contributed by atoms with van der Waals surface area (Å²) in [6.07, 6.45) is -1.23. The molecule has 0 aliphatic heterocycles. The first-order chi connectivity index (χ1) is 6.16. The van der Waals surface area contributed by atoms with Gasteiger partial charge in [0.2, 0.25) is 6.10 Å². The number of carboxylic acids is 1. The third-order valence-corrected chi connectivity index (χ3v) is 3.14. The van der Waals surface area contributed by atoms with E-state index in [0.717, 1.165) is 13.2 Å². The topological polar surface area (TPSA) is 124 Å². The van der Waals surface area contributed by atoms with Crippen LogP contribution in [-0.4, -0.2) is 42.2 Å². The Bertz CT molecular complexity index is 334. The first-order valence-corrected chi connectivity index (χ1v) is 5.34. The van der Waals surface area contributed by atoms with Crippen LogP contribution in [0.5, 0.6) is 0 Å². The lowest BCUT2D eigenvalue weighted by atomic mass is 10.3. The van der Waals surface area contributed by atoms with Gasteiger partial charge in [-0.25, -0.2) is 13.2 Å². The summed E-state index contributed by atoms with van der Waals surface area (Å²) in [4.78, 5) is 24.0. The minimum Gasteiger partial charge on any atom is -0.480 e. The number of carbonyl (C=O) groups is 1. The highest BCUT2D eigenvalue weighted by atomic mass is 32.2. The lowest BCUT2D eigenvalue weighted by molar-refractivity contribution is -0.764. The molecule has 1 unspecified atom stereocenters. The molecular weight excluding hydrogens is 218 g/mol. The van der Waals surface area contributed by atoms with Crippen molar-refractivity contribution in [3.8, 4) is 0 Å². The predicted octanol–water partition coefficient (Wildman–Crippen LogP) is -0.919. The van der Waals surface area contributed by atoms with Crippen molar-refractivity contribution in [3.05, 3.63) is 10.1 Å². The van der Waals surface area contributed by atoms with Gasteiger partial charge in [-0.05, 0) is 6.92 Å². The van der Waals surface area contributed by atoms with E-state index < -0.39 is 32.2 Å². The molecule has 0 rings (SSSR count). The number of sulfone groups is 1. The molecule has 9 heteroatoms. The van der Waals surface area contributed by atoms with Gasteiger partial charge in [-0.1, -0.05) is 0 Å². The number of rotatable bonds is 5. The third-order valence-electron chi connectivity index (χ3n) is 1.54. The van der Waals surface area contributed by atoms with Crippen LogP contribution in [0.4, 0.5) is 0 Å². The van der Waals surface area contributed by atoms with Crippen LogP contribution >= 0.6 is 0 Å². The standard InChI is InChI=1S/C5H9NO7S/c1-3(14(2,11)12)4(5(7)8)13-6(9)10/h3-4H,1-2H3,(H,7,8)/t3?,4-/m1/s1. The summed E-state index contributed by atoms with van der Waals surface area (Å²) < 4.78 is 21.8. The highest BCUT2D eigenvalue weighted by Crippen LogP contribution is 2.08. The Kier molecular flexibility index (Phi) is 3.81. The van der Waals surface area contributed by atoms with Crippen LogP contribution in [0.2, 0.25) is 0 Å². The molecule has 1 N–H and O–H groups in total. The van der Waals surface area contributed by atoms with E-state index in [-0.39, 0.29) is 0 Å². The number of nitrogens with zero attached hydrogens (tertiary/aromatic N) is 1. The Balaban J connectivity index is 4.85. The van der Waals surface area contributed by atoms with Crippen LogP contribution in [0.25, 0.3) is 0 Å². The first kappa shape index (κ1) is 12.6. The molecule has 8 nitrogen and oxygen atoms in total. The molecule has 82 valence electrons. The maximum atomic E-state index is 10.9. The van der Waals surface area contributed by atoms with Gasteiger partial charge < -0.3 is 5.11 Å². The quantitative estimate of drug-likeness (QED) is 0.475. The van der Waals surface area contributed by atoms with Crippen molar-refractivity contribution >= 4 is 15.8 Å². The Morgan fingerprint density at radius 2 is 2.00 bits per heavy atom. The number of carboxylic acid groups (broad SMARTS) is 1. The Hall–Kier alpha value is -1.38. The average molecular weight is 227 g/mol. The lowest BCUT2D eigenvalue weighted by Gasteiger charge is -2.15. The normalized spacial score (nSPS) is 15.6. The van der Waals surface area contributed by atoms with Crippen molar-refractivity contribution in [1.29, 1.82) is 0 Å². The smallest absolute Gasteiger partial charge is 0.334 e. The highest BCUT2D eigenvalue weighted by Gasteiger charge is 2.35. The summed E-state index contributed by atoms with van der Waals surface area (Å²) in [5.74, 6) is -1.69. The zero-order chi connectivity index (χ0) is 11.5. The summed E-state index contributed by atoms with van der Waals surface area (Å²) in [5.41, 5.74) is 0. The van der Waals surface area contributed by atoms with E-state index >= 15 is 0 Å².